The van der Waals surface area contributed by atoms with Gasteiger partial charge in [-0.15, -0.1) is 0 Å². The van der Waals surface area contributed by atoms with Crippen molar-refractivity contribution >= 4 is 23.4 Å². The Balaban J connectivity index is 1.56. The molecule has 1 aromatic heterocycles. The number of aromatic nitrogens is 2. The zero-order chi connectivity index (χ0) is 24.5. The SMILES string of the molecule is C[C@@H]1CC[C@H](C(=O)NC(C)(C)c2ccccc2)CN1c1cc(-c2ccc(N)c(F)c2)nc(N)n1. The maximum atomic E-state index is 14.0. The third-order valence-corrected chi connectivity index (χ3v) is 6.50. The van der Waals surface area contributed by atoms with E-state index in [9.17, 15) is 9.18 Å². The van der Waals surface area contributed by atoms with E-state index >= 15 is 0 Å². The zero-order valence-electron chi connectivity index (χ0n) is 19.8. The lowest BCUT2D eigenvalue weighted by Gasteiger charge is -2.39. The first kappa shape index (κ1) is 23.5. The molecule has 7 nitrogen and oxygen atoms in total. The summed E-state index contributed by atoms with van der Waals surface area (Å²) in [6, 6.07) is 16.4. The summed E-state index contributed by atoms with van der Waals surface area (Å²) in [5.74, 6) is 0.00233. The van der Waals surface area contributed by atoms with Gasteiger partial charge in [-0.2, -0.15) is 4.98 Å². The predicted octanol–water partition coefficient (Wildman–Crippen LogP) is 4.10. The lowest BCUT2D eigenvalue weighted by Crippen LogP contribution is -2.51. The smallest absolute Gasteiger partial charge is 0.225 e. The summed E-state index contributed by atoms with van der Waals surface area (Å²) in [6.45, 7) is 6.62. The Bertz CT molecular complexity index is 1180. The summed E-state index contributed by atoms with van der Waals surface area (Å²) in [4.78, 5) is 24.0. The summed E-state index contributed by atoms with van der Waals surface area (Å²) in [5, 5.41) is 3.21. The van der Waals surface area contributed by atoms with E-state index in [1.807, 2.05) is 44.2 Å². The van der Waals surface area contributed by atoms with E-state index in [1.165, 1.54) is 12.1 Å². The van der Waals surface area contributed by atoms with Crippen LogP contribution >= 0.6 is 0 Å². The van der Waals surface area contributed by atoms with Gasteiger partial charge < -0.3 is 21.7 Å². The number of piperidine rings is 1. The second kappa shape index (κ2) is 9.29. The first-order chi connectivity index (χ1) is 16.1. The van der Waals surface area contributed by atoms with Crippen LogP contribution in [0, 0.1) is 11.7 Å². The number of hydrogen-bond donors (Lipinski definition) is 3. The molecule has 0 saturated carbocycles. The molecule has 178 valence electrons. The number of nitrogen functional groups attached to an aromatic ring is 2. The Hall–Kier alpha value is -3.68. The maximum absolute atomic E-state index is 14.0. The highest BCUT2D eigenvalue weighted by Crippen LogP contribution is 2.31. The van der Waals surface area contributed by atoms with Crippen molar-refractivity contribution in [3.05, 3.63) is 66.0 Å². The zero-order valence-corrected chi connectivity index (χ0v) is 19.8. The number of nitrogens with zero attached hydrogens (tertiary/aromatic N) is 3. The van der Waals surface area contributed by atoms with Crippen LogP contribution in [-0.4, -0.2) is 28.5 Å². The van der Waals surface area contributed by atoms with Gasteiger partial charge in [0.25, 0.3) is 0 Å². The fraction of sp³-hybridized carbons (Fsp3) is 0.346. The molecule has 5 N–H and O–H groups in total. The minimum absolute atomic E-state index is 0.00797. The predicted molar refractivity (Wildman–Crippen MR) is 133 cm³/mol. The van der Waals surface area contributed by atoms with Crippen molar-refractivity contribution in [2.45, 2.75) is 45.2 Å². The molecule has 0 radical (unpaired) electrons. The number of anilines is 3. The molecule has 1 saturated heterocycles. The van der Waals surface area contributed by atoms with Crippen molar-refractivity contribution in [1.82, 2.24) is 15.3 Å². The second-order valence-electron chi connectivity index (χ2n) is 9.46. The molecule has 4 rings (SSSR count). The van der Waals surface area contributed by atoms with Crippen LogP contribution in [0.3, 0.4) is 0 Å². The Kier molecular flexibility index (Phi) is 6.41. The third kappa shape index (κ3) is 4.95. The molecule has 0 bridgehead atoms. The number of nitrogens with two attached hydrogens (primary N) is 2. The fourth-order valence-electron chi connectivity index (χ4n) is 4.41. The van der Waals surface area contributed by atoms with Gasteiger partial charge in [-0.1, -0.05) is 36.4 Å². The molecule has 8 heteroatoms. The molecule has 2 heterocycles. The Morgan fingerprint density at radius 2 is 1.82 bits per heavy atom. The summed E-state index contributed by atoms with van der Waals surface area (Å²) < 4.78 is 14.0. The molecule has 2 aromatic carbocycles. The van der Waals surface area contributed by atoms with E-state index in [2.05, 4.69) is 27.1 Å². The quantitative estimate of drug-likeness (QED) is 0.493. The largest absolute Gasteiger partial charge is 0.396 e. The van der Waals surface area contributed by atoms with Crippen LogP contribution in [0.5, 0.6) is 0 Å². The topological polar surface area (TPSA) is 110 Å². The summed E-state index contributed by atoms with van der Waals surface area (Å²) in [5.41, 5.74) is 13.3. The number of amides is 1. The van der Waals surface area contributed by atoms with Gasteiger partial charge in [-0.3, -0.25) is 4.79 Å². The number of hydrogen-bond acceptors (Lipinski definition) is 6. The number of carbonyl (C=O) groups excluding carboxylic acids is 1. The van der Waals surface area contributed by atoms with Crippen LogP contribution in [0.4, 0.5) is 21.8 Å². The average Bonchev–Trinajstić information content (AvgIpc) is 2.81. The highest BCUT2D eigenvalue weighted by Gasteiger charge is 2.34. The van der Waals surface area contributed by atoms with Crippen LogP contribution < -0.4 is 21.7 Å². The van der Waals surface area contributed by atoms with E-state index in [-0.39, 0.29) is 29.5 Å². The van der Waals surface area contributed by atoms with E-state index in [4.69, 9.17) is 11.5 Å². The number of halogens is 1. The van der Waals surface area contributed by atoms with Gasteiger partial charge in [0.1, 0.15) is 11.6 Å². The van der Waals surface area contributed by atoms with Gasteiger partial charge in [0.15, 0.2) is 0 Å². The van der Waals surface area contributed by atoms with Gasteiger partial charge in [0.2, 0.25) is 11.9 Å². The molecule has 0 aliphatic carbocycles. The van der Waals surface area contributed by atoms with E-state index < -0.39 is 11.4 Å². The molecule has 0 spiro atoms. The molecule has 1 amide bonds. The van der Waals surface area contributed by atoms with Crippen molar-refractivity contribution in [2.75, 3.05) is 22.9 Å². The fourth-order valence-corrected chi connectivity index (χ4v) is 4.41. The van der Waals surface area contributed by atoms with Crippen molar-refractivity contribution in [3.63, 3.8) is 0 Å². The molecule has 1 aliphatic heterocycles. The molecular weight excluding hydrogens is 431 g/mol. The highest BCUT2D eigenvalue weighted by molar-refractivity contribution is 5.80. The molecule has 1 aliphatic rings. The van der Waals surface area contributed by atoms with Crippen molar-refractivity contribution in [3.8, 4) is 11.3 Å². The van der Waals surface area contributed by atoms with Crippen molar-refractivity contribution < 1.29 is 9.18 Å². The van der Waals surface area contributed by atoms with Gasteiger partial charge in [-0.05, 0) is 51.3 Å². The maximum Gasteiger partial charge on any atom is 0.225 e. The molecule has 3 aromatic rings. The number of rotatable bonds is 5. The standard InChI is InChI=1S/C26H31FN6O/c1-16-9-10-18(24(34)32-26(2,3)19-7-5-4-6-8-19)15-33(16)23-14-22(30-25(29)31-23)17-11-12-21(28)20(27)13-17/h4-8,11-14,16,18H,9-10,15,28H2,1-3H3,(H,32,34)(H2,29,30,31)/t16-,18+/m1/s1. The van der Waals surface area contributed by atoms with E-state index in [0.717, 1.165) is 18.4 Å². The molecular formula is C26H31FN6O. The summed E-state index contributed by atoms with van der Waals surface area (Å²) >= 11 is 0. The monoisotopic (exact) mass is 462 g/mol. The Labute approximate surface area is 199 Å². The van der Waals surface area contributed by atoms with Gasteiger partial charge in [-0.25, -0.2) is 9.37 Å². The van der Waals surface area contributed by atoms with E-state index in [0.29, 0.717) is 23.6 Å². The third-order valence-electron chi connectivity index (χ3n) is 6.50. The van der Waals surface area contributed by atoms with Gasteiger partial charge in [0.05, 0.1) is 22.8 Å². The van der Waals surface area contributed by atoms with E-state index in [1.54, 1.807) is 12.1 Å². The first-order valence-corrected chi connectivity index (χ1v) is 11.5. The van der Waals surface area contributed by atoms with Crippen LogP contribution in [0.25, 0.3) is 11.3 Å². The Morgan fingerprint density at radius 3 is 2.53 bits per heavy atom. The van der Waals surface area contributed by atoms with Crippen molar-refractivity contribution in [1.29, 1.82) is 0 Å². The van der Waals surface area contributed by atoms with Crippen LogP contribution in [0.15, 0.2) is 54.6 Å². The van der Waals surface area contributed by atoms with Crippen LogP contribution in [-0.2, 0) is 10.3 Å². The van der Waals surface area contributed by atoms with Crippen LogP contribution in [0.1, 0.15) is 39.2 Å². The summed E-state index contributed by atoms with van der Waals surface area (Å²) in [6.07, 6.45) is 1.62. The van der Waals surface area contributed by atoms with Gasteiger partial charge in [0, 0.05) is 24.2 Å². The van der Waals surface area contributed by atoms with Crippen LogP contribution in [0.2, 0.25) is 0 Å². The minimum Gasteiger partial charge on any atom is -0.396 e. The molecule has 2 atom stereocenters. The average molecular weight is 463 g/mol. The van der Waals surface area contributed by atoms with Gasteiger partial charge >= 0.3 is 0 Å². The number of benzene rings is 2. The number of carbonyl (C=O) groups is 1. The van der Waals surface area contributed by atoms with Crippen molar-refractivity contribution in [2.24, 2.45) is 5.92 Å². The molecule has 1 fully saturated rings. The highest BCUT2D eigenvalue weighted by atomic mass is 19.1. The minimum atomic E-state index is -0.514. The second-order valence-corrected chi connectivity index (χ2v) is 9.46. The normalized spacial score (nSPS) is 18.5. The first-order valence-electron chi connectivity index (χ1n) is 11.5. The number of nitrogens with one attached hydrogen (secondary N) is 1. The summed E-state index contributed by atoms with van der Waals surface area (Å²) in [7, 11) is 0. The molecule has 34 heavy (non-hydrogen) atoms. The Morgan fingerprint density at radius 1 is 1.09 bits per heavy atom. The molecule has 0 unspecified atom stereocenters. The lowest BCUT2D eigenvalue weighted by atomic mass is 9.89. The lowest BCUT2D eigenvalue weighted by molar-refractivity contribution is -0.127.